The summed E-state index contributed by atoms with van der Waals surface area (Å²) in [6, 6.07) is -2.47. The number of hydrogen-bond acceptors (Lipinski definition) is 5. The Bertz CT molecular complexity index is 1250. The summed E-state index contributed by atoms with van der Waals surface area (Å²) in [5.41, 5.74) is -3.60. The summed E-state index contributed by atoms with van der Waals surface area (Å²) in [4.78, 5) is 10.2. The van der Waals surface area contributed by atoms with E-state index < -0.39 is 71.2 Å². The minimum atomic E-state index is -2.78. The molecule has 2 aromatic heterocycles. The first-order valence-corrected chi connectivity index (χ1v) is 8.35. The molecule has 6 nitrogen and oxygen atoms in total. The highest BCUT2D eigenvalue weighted by Gasteiger charge is 2.20. The smallest absolute Gasteiger partial charge is 0.322 e. The van der Waals surface area contributed by atoms with Crippen LogP contribution in [0.1, 0.15) is 32.8 Å². The van der Waals surface area contributed by atoms with Crippen molar-refractivity contribution in [3.63, 3.8) is 0 Å². The molecule has 3 rings (SSSR count). The third-order valence-corrected chi connectivity index (χ3v) is 4.07. The van der Waals surface area contributed by atoms with Crippen LogP contribution in [0.5, 0.6) is 5.75 Å². The van der Waals surface area contributed by atoms with Crippen molar-refractivity contribution in [1.29, 1.82) is 0 Å². The van der Waals surface area contributed by atoms with E-state index in [9.17, 15) is 4.55 Å². The summed E-state index contributed by atoms with van der Waals surface area (Å²) in [5, 5.41) is -0.464. The Morgan fingerprint density at radius 3 is 3.12 bits per heavy atom. The Kier molecular flexibility index (Phi) is 2.84. The molecule has 25 heavy (non-hydrogen) atoms. The number of ether oxygens (including phenoxy) is 2. The summed E-state index contributed by atoms with van der Waals surface area (Å²) < 4.78 is 109. The molecule has 1 N–H and O–H groups in total. The van der Waals surface area contributed by atoms with Crippen molar-refractivity contribution >= 4 is 22.2 Å². The van der Waals surface area contributed by atoms with Crippen LogP contribution in [0, 0.1) is 6.92 Å². The van der Waals surface area contributed by atoms with Crippen molar-refractivity contribution in [3.05, 3.63) is 47.6 Å². The van der Waals surface area contributed by atoms with Crippen molar-refractivity contribution in [2.24, 2.45) is 0 Å². The summed E-state index contributed by atoms with van der Waals surface area (Å²) in [6.07, 6.45) is -0.518. The van der Waals surface area contributed by atoms with Crippen LogP contribution < -0.4 is 4.74 Å². The van der Waals surface area contributed by atoms with E-state index in [0.29, 0.717) is 0 Å². The van der Waals surface area contributed by atoms with Crippen molar-refractivity contribution in [3.8, 4) is 5.75 Å². The molecule has 0 saturated heterocycles. The number of nitrogens with one attached hydrogen (secondary N) is 1. The summed E-state index contributed by atoms with van der Waals surface area (Å²) in [5.74, 6) is -0.191. The molecule has 0 saturated carbocycles. The van der Waals surface area contributed by atoms with Crippen LogP contribution in [-0.4, -0.2) is 39.8 Å². The van der Waals surface area contributed by atoms with Gasteiger partial charge < -0.3 is 14.0 Å². The lowest BCUT2D eigenvalue weighted by Gasteiger charge is -2.12. The molecule has 1 aromatic carbocycles. The van der Waals surface area contributed by atoms with Crippen LogP contribution in [0.4, 0.5) is 0 Å². The lowest BCUT2D eigenvalue weighted by molar-refractivity contribution is 0.172. The summed E-state index contributed by atoms with van der Waals surface area (Å²) in [7, 11) is -2.57. The first kappa shape index (κ1) is 8.53. The first-order chi connectivity index (χ1) is 16.6. The predicted molar refractivity (Wildman–Crippen MR) is 97.2 cm³/mol. The highest BCUT2D eigenvalue weighted by Crippen LogP contribution is 2.24. The van der Waals surface area contributed by atoms with Crippen LogP contribution in [0.15, 0.2) is 41.5 Å². The fourth-order valence-corrected chi connectivity index (χ4v) is 2.75. The van der Waals surface area contributed by atoms with Gasteiger partial charge in [0.1, 0.15) is 5.75 Å². The number of aromatic amines is 1. The van der Waals surface area contributed by atoms with E-state index in [1.165, 1.54) is 6.92 Å². The number of benzene rings is 1. The van der Waals surface area contributed by atoms with E-state index in [4.69, 9.17) is 19.8 Å². The molecule has 3 aromatic rings. The average molecular weight is 371 g/mol. The Labute approximate surface area is 165 Å². The van der Waals surface area contributed by atoms with Gasteiger partial charge in [-0.05, 0) is 25.1 Å². The zero-order valence-corrected chi connectivity index (χ0v) is 14.0. The second kappa shape index (κ2) is 8.33. The molecule has 0 aliphatic rings. The highest BCUT2D eigenvalue weighted by atomic mass is 32.2. The van der Waals surface area contributed by atoms with Gasteiger partial charge in [-0.15, -0.1) is 0 Å². The Hall–Kier alpha value is -2.09. The largest absolute Gasteiger partial charge is 0.609 e. The molecule has 7 heteroatoms. The van der Waals surface area contributed by atoms with E-state index in [1.807, 2.05) is 0 Å². The number of hydrogen-bond donors (Lipinski definition) is 1. The minimum absolute atomic E-state index is 0.00792. The number of para-hydroxylation sites is 2. The Balaban J connectivity index is 1.95. The minimum Gasteiger partial charge on any atom is -0.609 e. The molecule has 1 unspecified atom stereocenters. The SMILES string of the molecule is [2H]c1nc(C([2H])([2H])[S+]([O-])c2nc3c([2H])c([2H])c([2H])c([2H])c3[nH]2)c(C)c(OCCCOC([2H])([2H])[2H])c1[2H]. The molecule has 0 radical (unpaired) electrons. The van der Waals surface area contributed by atoms with Crippen LogP contribution in [0.25, 0.3) is 11.0 Å². The van der Waals surface area contributed by atoms with Gasteiger partial charge in [0.2, 0.25) is 0 Å². The van der Waals surface area contributed by atoms with Gasteiger partial charge >= 0.3 is 5.16 Å². The number of imidazole rings is 1. The monoisotopic (exact) mass is 370 g/mol. The standard InChI is InChI=1S/C18H21N3O3S/c1-13-16(19-9-8-17(13)24-11-5-10-23-2)12-25(22)18-20-14-6-3-4-7-15(14)21-18/h3-4,6-9H,5,10-12H2,1-2H3,(H,20,21)/i2D3,3D,4D,6D,7D,8D,9D,12D2. The van der Waals surface area contributed by atoms with Gasteiger partial charge in [-0.2, -0.15) is 4.98 Å². The fraction of sp³-hybridized carbons (Fsp3) is 0.333. The molecule has 0 aliphatic heterocycles. The second-order valence-electron chi connectivity index (χ2n) is 4.84. The fourth-order valence-electron chi connectivity index (χ4n) is 1.91. The zero-order chi connectivity index (χ0) is 27.2. The van der Waals surface area contributed by atoms with Gasteiger partial charge in [-0.1, -0.05) is 12.1 Å². The van der Waals surface area contributed by atoms with Crippen LogP contribution >= 0.6 is 0 Å². The quantitative estimate of drug-likeness (QED) is 0.487. The molecular weight excluding hydrogens is 338 g/mol. The number of methoxy groups -OCH3 is 1. The van der Waals surface area contributed by atoms with E-state index in [2.05, 4.69) is 19.7 Å². The molecule has 0 spiro atoms. The number of pyridine rings is 1. The number of rotatable bonds is 8. The molecule has 132 valence electrons. The molecule has 0 amide bonds. The maximum Gasteiger partial charge on any atom is 0.322 e. The van der Waals surface area contributed by atoms with Crippen molar-refractivity contribution in [2.45, 2.75) is 24.2 Å². The molecule has 0 bridgehead atoms. The topological polar surface area (TPSA) is 83.1 Å². The van der Waals surface area contributed by atoms with E-state index >= 15 is 0 Å². The van der Waals surface area contributed by atoms with Gasteiger partial charge in [0.05, 0.1) is 38.4 Å². The zero-order valence-electron chi connectivity index (χ0n) is 24.1. The molecule has 0 aliphatic carbocycles. The number of H-pyrrole nitrogens is 1. The van der Waals surface area contributed by atoms with E-state index in [1.54, 1.807) is 0 Å². The van der Waals surface area contributed by atoms with Crippen molar-refractivity contribution in [2.75, 3.05) is 20.3 Å². The van der Waals surface area contributed by atoms with Gasteiger partial charge in [0.25, 0.3) is 0 Å². The normalized spacial score (nSPS) is 19.8. The molecule has 2 heterocycles. The third-order valence-electron chi connectivity index (χ3n) is 3.15. The van der Waals surface area contributed by atoms with Crippen LogP contribution in [0.2, 0.25) is 0 Å². The Morgan fingerprint density at radius 2 is 2.24 bits per heavy atom. The number of aromatic nitrogens is 3. The predicted octanol–water partition coefficient (Wildman–Crippen LogP) is 2.99. The van der Waals surface area contributed by atoms with E-state index in [0.717, 1.165) is 0 Å². The number of nitrogens with zero attached hydrogens (tertiary/aromatic N) is 2. The first-order valence-electron chi connectivity index (χ1n) is 12.7. The lowest BCUT2D eigenvalue weighted by Crippen LogP contribution is -2.10. The third kappa shape index (κ3) is 4.31. The van der Waals surface area contributed by atoms with E-state index in [-0.39, 0.29) is 42.0 Å². The summed E-state index contributed by atoms with van der Waals surface area (Å²) in [6.45, 7) is 1.09. The molecule has 0 fully saturated rings. The van der Waals surface area contributed by atoms with Crippen LogP contribution in [-0.2, 0) is 21.6 Å². The van der Waals surface area contributed by atoms with Gasteiger partial charge in [0, 0.05) is 43.0 Å². The summed E-state index contributed by atoms with van der Waals surface area (Å²) >= 11 is -2.63. The van der Waals surface area contributed by atoms with Gasteiger partial charge in [-0.25, -0.2) is 0 Å². The van der Waals surface area contributed by atoms with Gasteiger partial charge in [-0.3, -0.25) is 9.97 Å². The average Bonchev–Trinajstić information content (AvgIpc) is 3.24. The van der Waals surface area contributed by atoms with Crippen molar-refractivity contribution < 1.29 is 29.1 Å². The van der Waals surface area contributed by atoms with Crippen molar-refractivity contribution in [1.82, 2.24) is 15.0 Å². The van der Waals surface area contributed by atoms with Gasteiger partial charge in [0.15, 0.2) is 5.70 Å². The highest BCUT2D eigenvalue weighted by molar-refractivity contribution is 7.90. The molecule has 1 atom stereocenters. The molecular formula is C18H21N3O3S. The second-order valence-corrected chi connectivity index (χ2v) is 5.97. The van der Waals surface area contributed by atoms with Crippen LogP contribution in [0.3, 0.4) is 0 Å². The Morgan fingerprint density at radius 1 is 1.36 bits per heavy atom. The lowest BCUT2D eigenvalue weighted by atomic mass is 10.2. The number of fused-ring (bicyclic) bond motifs is 1. The maximum atomic E-state index is 13.2. The maximum absolute atomic E-state index is 13.2.